The Balaban J connectivity index is 0.815. The number of oxazole rings is 2. The van der Waals surface area contributed by atoms with E-state index in [9.17, 15) is 0 Å². The van der Waals surface area contributed by atoms with Gasteiger partial charge in [-0.1, -0.05) is 121 Å². The van der Waals surface area contributed by atoms with Crippen molar-refractivity contribution in [3.8, 4) is 79.8 Å². The maximum absolute atomic E-state index is 6.23. The number of nitrogens with zero attached hydrogens (tertiary/aromatic N) is 10. The van der Waals surface area contributed by atoms with Gasteiger partial charge in [0, 0.05) is 56.8 Å². The Kier molecular flexibility index (Phi) is 8.89. The van der Waals surface area contributed by atoms with Gasteiger partial charge in [0.1, 0.15) is 22.4 Å². The topological polar surface area (TPSA) is 155 Å². The van der Waals surface area contributed by atoms with Crippen molar-refractivity contribution in [2.24, 2.45) is 0 Å². The van der Waals surface area contributed by atoms with Gasteiger partial charge in [0.05, 0.1) is 28.0 Å². The molecule has 326 valence electrons. The summed E-state index contributed by atoms with van der Waals surface area (Å²) in [6.07, 6.45) is 5.23. The van der Waals surface area contributed by atoms with E-state index in [-0.39, 0.29) is 0 Å². The molecule has 7 heterocycles. The molecule has 0 fully saturated rings. The number of pyridine rings is 2. The number of rotatable bonds is 7. The number of aromatic nitrogens is 10. The molecule has 14 aromatic rings. The van der Waals surface area contributed by atoms with E-state index in [1.54, 1.807) is 24.7 Å². The number of hydrogen-bond acceptors (Lipinski definition) is 12. The second kappa shape index (κ2) is 15.9. The molecule has 0 radical (unpaired) electrons. The first-order valence-electron chi connectivity index (χ1n) is 22.6. The van der Waals surface area contributed by atoms with Crippen LogP contribution in [0, 0.1) is 0 Å². The fourth-order valence-electron chi connectivity index (χ4n) is 9.14. The average molecular weight is 901 g/mol. The smallest absolute Gasteiger partial charge is 0.248 e. The highest BCUT2D eigenvalue weighted by Crippen LogP contribution is 2.37. The Hall–Kier alpha value is -9.94. The van der Waals surface area contributed by atoms with Gasteiger partial charge in [0.25, 0.3) is 0 Å². The fourth-order valence-corrected chi connectivity index (χ4v) is 9.14. The molecule has 0 unspecified atom stereocenters. The quantitative estimate of drug-likeness (QED) is 0.140. The second-order valence-electron chi connectivity index (χ2n) is 16.9. The summed E-state index contributed by atoms with van der Waals surface area (Å²) < 4.78 is 12.2. The zero-order chi connectivity index (χ0) is 46.1. The van der Waals surface area contributed by atoms with Crippen molar-refractivity contribution in [2.45, 2.75) is 0 Å². The van der Waals surface area contributed by atoms with Crippen molar-refractivity contribution in [2.75, 3.05) is 0 Å². The molecule has 70 heavy (non-hydrogen) atoms. The van der Waals surface area contributed by atoms with Crippen LogP contribution in [0.4, 0.5) is 0 Å². The normalized spacial score (nSPS) is 11.7. The van der Waals surface area contributed by atoms with E-state index in [1.807, 2.05) is 103 Å². The highest BCUT2D eigenvalue weighted by molar-refractivity contribution is 6.11. The minimum Gasteiger partial charge on any atom is -0.436 e. The number of hydrogen-bond donors (Lipinski definition) is 0. The van der Waals surface area contributed by atoms with Crippen LogP contribution in [0.15, 0.2) is 203 Å². The fraction of sp³-hybridized carbons (Fsp3) is 0. The standard InChI is InChI=1S/C58H32N10O2/c1-3-12-34(13-4-1)49-43-25-21-37-29-36(20-23-41(37)52(43)67-53(65-49)45-26-22-38(31-60-45)56-63-44-17-9-10-18-48(44)69-56)39-30-47-57(61-32-39)70-58(64-47)46-27-28-59-54(62-46)55-66-50(35-14-5-2-6-15-35)42-24-19-33-11-7-8-16-40(33)51(42)68-55/h1-32H. The molecule has 0 N–H and O–H groups in total. The number of benzene rings is 7. The van der Waals surface area contributed by atoms with Crippen molar-refractivity contribution in [3.63, 3.8) is 0 Å². The molecular weight excluding hydrogens is 869 g/mol. The van der Waals surface area contributed by atoms with Crippen molar-refractivity contribution < 1.29 is 8.83 Å². The van der Waals surface area contributed by atoms with E-state index in [2.05, 4.69) is 76.7 Å². The maximum Gasteiger partial charge on any atom is 0.248 e. The molecule has 7 aromatic heterocycles. The third-order valence-electron chi connectivity index (χ3n) is 12.6. The minimum absolute atomic E-state index is 0.308. The minimum atomic E-state index is 0.308. The van der Waals surface area contributed by atoms with Gasteiger partial charge in [0.2, 0.25) is 17.5 Å². The molecule has 14 rings (SSSR count). The molecular formula is C58H32N10O2. The summed E-state index contributed by atoms with van der Waals surface area (Å²) in [6.45, 7) is 0. The summed E-state index contributed by atoms with van der Waals surface area (Å²) in [7, 11) is 0. The van der Waals surface area contributed by atoms with Crippen LogP contribution in [0.25, 0.3) is 146 Å². The summed E-state index contributed by atoms with van der Waals surface area (Å²) >= 11 is 0. The maximum atomic E-state index is 6.23. The average Bonchev–Trinajstić information content (AvgIpc) is 4.08. The van der Waals surface area contributed by atoms with E-state index in [4.69, 9.17) is 48.7 Å². The lowest BCUT2D eigenvalue weighted by atomic mass is 9.98. The van der Waals surface area contributed by atoms with Crippen LogP contribution in [-0.4, -0.2) is 49.8 Å². The predicted molar refractivity (Wildman–Crippen MR) is 272 cm³/mol. The summed E-state index contributed by atoms with van der Waals surface area (Å²) in [5.74, 6) is 2.07. The SMILES string of the molecule is c1ccc(-c2nc(-c3ccc(-c4nc5ccccc5o4)cn3)nc3c2ccc2cc(-c4cnc5oc(-c6ccnc(-c7nc(-c8ccccc8)c8ccc9ccccc9c8n7)n6)nc5c4)ccc23)cc1. The Morgan fingerprint density at radius 2 is 0.986 bits per heavy atom. The van der Waals surface area contributed by atoms with Crippen LogP contribution >= 0.6 is 0 Å². The van der Waals surface area contributed by atoms with Crippen LogP contribution in [-0.2, 0) is 0 Å². The molecule has 0 aliphatic rings. The van der Waals surface area contributed by atoms with E-state index in [0.717, 1.165) is 93.7 Å². The summed E-state index contributed by atoms with van der Waals surface area (Å²) in [6, 6.07) is 58.5. The van der Waals surface area contributed by atoms with Gasteiger partial charge in [-0.2, -0.15) is 0 Å². The lowest BCUT2D eigenvalue weighted by Crippen LogP contribution is -2.00. The Morgan fingerprint density at radius 1 is 0.329 bits per heavy atom. The number of para-hydroxylation sites is 2. The first-order valence-corrected chi connectivity index (χ1v) is 22.6. The molecule has 12 nitrogen and oxygen atoms in total. The molecule has 7 aromatic carbocycles. The second-order valence-corrected chi connectivity index (χ2v) is 16.9. The molecule has 0 spiro atoms. The third kappa shape index (κ3) is 6.69. The molecule has 0 bridgehead atoms. The highest BCUT2D eigenvalue weighted by Gasteiger charge is 2.20. The largest absolute Gasteiger partial charge is 0.436 e. The predicted octanol–water partition coefficient (Wildman–Crippen LogP) is 13.4. The van der Waals surface area contributed by atoms with Gasteiger partial charge in [-0.3, -0.25) is 4.98 Å². The third-order valence-corrected chi connectivity index (χ3v) is 12.6. The zero-order valence-electron chi connectivity index (χ0n) is 36.8. The molecule has 0 saturated carbocycles. The van der Waals surface area contributed by atoms with E-state index in [1.165, 1.54) is 0 Å². The van der Waals surface area contributed by atoms with Gasteiger partial charge in [-0.05, 0) is 70.9 Å². The van der Waals surface area contributed by atoms with Gasteiger partial charge in [-0.25, -0.2) is 44.9 Å². The van der Waals surface area contributed by atoms with Crippen LogP contribution < -0.4 is 0 Å². The van der Waals surface area contributed by atoms with Crippen LogP contribution in [0.3, 0.4) is 0 Å². The van der Waals surface area contributed by atoms with Crippen LogP contribution in [0.1, 0.15) is 0 Å². The van der Waals surface area contributed by atoms with Gasteiger partial charge in [0.15, 0.2) is 23.1 Å². The summed E-state index contributed by atoms with van der Waals surface area (Å²) in [4.78, 5) is 49.0. The highest BCUT2D eigenvalue weighted by atomic mass is 16.4. The van der Waals surface area contributed by atoms with Crippen LogP contribution in [0.2, 0.25) is 0 Å². The molecule has 12 heteroatoms. The lowest BCUT2D eigenvalue weighted by Gasteiger charge is -2.12. The van der Waals surface area contributed by atoms with E-state index in [0.29, 0.717) is 51.9 Å². The summed E-state index contributed by atoms with van der Waals surface area (Å²) in [5, 5.41) is 5.96. The molecule has 0 aliphatic carbocycles. The molecule has 0 amide bonds. The van der Waals surface area contributed by atoms with E-state index >= 15 is 0 Å². The molecule has 0 aliphatic heterocycles. The van der Waals surface area contributed by atoms with Crippen molar-refractivity contribution >= 4 is 65.7 Å². The van der Waals surface area contributed by atoms with Crippen molar-refractivity contribution in [1.29, 1.82) is 0 Å². The summed E-state index contributed by atoms with van der Waals surface area (Å²) in [5.41, 5.74) is 11.4. The van der Waals surface area contributed by atoms with Crippen molar-refractivity contribution in [1.82, 2.24) is 49.8 Å². The van der Waals surface area contributed by atoms with Crippen LogP contribution in [0.5, 0.6) is 0 Å². The van der Waals surface area contributed by atoms with Crippen molar-refractivity contribution in [3.05, 3.63) is 195 Å². The lowest BCUT2D eigenvalue weighted by molar-refractivity contribution is 0.605. The first kappa shape index (κ1) is 39.2. The van der Waals surface area contributed by atoms with Gasteiger partial charge in [-0.15, -0.1) is 0 Å². The molecule has 0 saturated heterocycles. The Bertz CT molecular complexity index is 4330. The van der Waals surface area contributed by atoms with E-state index < -0.39 is 0 Å². The first-order chi connectivity index (χ1) is 34.6. The monoisotopic (exact) mass is 900 g/mol. The zero-order valence-corrected chi connectivity index (χ0v) is 36.8. The van der Waals surface area contributed by atoms with Gasteiger partial charge >= 0.3 is 0 Å². The Morgan fingerprint density at radius 3 is 1.77 bits per heavy atom. The Labute approximate surface area is 397 Å². The number of fused-ring (bicyclic) bond motifs is 8. The molecule has 0 atom stereocenters. The van der Waals surface area contributed by atoms with Gasteiger partial charge < -0.3 is 8.83 Å².